The Morgan fingerprint density at radius 1 is 0.968 bits per heavy atom. The molecule has 0 spiro atoms. The molecule has 1 aromatic heterocycles. The summed E-state index contributed by atoms with van der Waals surface area (Å²) < 4.78 is 0. The Morgan fingerprint density at radius 3 is 2.39 bits per heavy atom. The first-order chi connectivity index (χ1) is 14.1. The number of nitrogens with one attached hydrogen (secondary N) is 3. The van der Waals surface area contributed by atoms with E-state index in [2.05, 4.69) is 20.9 Å². The molecule has 0 saturated heterocycles. The molecular weight excluding hydrogens is 437 g/mol. The van der Waals surface area contributed by atoms with Crippen LogP contribution in [0.2, 0.25) is 0 Å². The summed E-state index contributed by atoms with van der Waals surface area (Å²) in [4.78, 5) is 28.7. The first-order valence-corrected chi connectivity index (χ1v) is 10.2. The Labute approximate surface area is 194 Å². The van der Waals surface area contributed by atoms with Gasteiger partial charge in [0.25, 0.3) is 0 Å². The molecule has 0 radical (unpaired) electrons. The van der Waals surface area contributed by atoms with Crippen molar-refractivity contribution < 1.29 is 9.59 Å². The lowest BCUT2D eigenvalue weighted by atomic mass is 9.84. The third-order valence-electron chi connectivity index (χ3n) is 6.14. The Morgan fingerprint density at radius 2 is 1.68 bits per heavy atom. The summed E-state index contributed by atoms with van der Waals surface area (Å²) in [6, 6.07) is 10.9. The third kappa shape index (κ3) is 6.09. The Hall–Kier alpha value is -2.35. The predicted molar refractivity (Wildman–Crippen MR) is 125 cm³/mol. The number of benzene rings is 1. The van der Waals surface area contributed by atoms with Gasteiger partial charge in [-0.05, 0) is 66.5 Å². The molecule has 2 aliphatic rings. The highest BCUT2D eigenvalue weighted by atomic mass is 35.5. The van der Waals surface area contributed by atoms with Crippen molar-refractivity contribution >= 4 is 42.4 Å². The summed E-state index contributed by atoms with van der Waals surface area (Å²) in [5.74, 6) is 0.938. The second-order valence-electron chi connectivity index (χ2n) is 8.02. The predicted octanol–water partition coefficient (Wildman–Crippen LogP) is 3.24. The molecule has 2 fully saturated rings. The van der Waals surface area contributed by atoms with Gasteiger partial charge in [-0.1, -0.05) is 12.1 Å². The molecule has 2 saturated carbocycles. The number of anilines is 1. The fourth-order valence-corrected chi connectivity index (χ4v) is 4.65. The van der Waals surface area contributed by atoms with Crippen LogP contribution in [0.15, 0.2) is 48.8 Å². The lowest BCUT2D eigenvalue weighted by molar-refractivity contribution is -0.127. The highest BCUT2D eigenvalue weighted by Gasteiger charge is 2.48. The summed E-state index contributed by atoms with van der Waals surface area (Å²) in [6.45, 7) is 0.849. The van der Waals surface area contributed by atoms with Crippen LogP contribution in [0.3, 0.4) is 0 Å². The van der Waals surface area contributed by atoms with Crippen LogP contribution in [-0.2, 0) is 17.9 Å². The number of urea groups is 1. The SMILES string of the molecule is Cl.Cl.NC1C2CCC(C2)C1C(=O)NCc1cccc(NC(=O)NCc2ccncc2)c1. The van der Waals surface area contributed by atoms with Gasteiger partial charge in [0.1, 0.15) is 0 Å². The normalized spacial score (nSPS) is 23.3. The van der Waals surface area contributed by atoms with E-state index in [1.54, 1.807) is 12.4 Å². The maximum Gasteiger partial charge on any atom is 0.319 e. The monoisotopic (exact) mass is 465 g/mol. The quantitative estimate of drug-likeness (QED) is 0.524. The molecule has 1 heterocycles. The van der Waals surface area contributed by atoms with Crippen LogP contribution >= 0.6 is 24.8 Å². The van der Waals surface area contributed by atoms with Crippen LogP contribution in [0.4, 0.5) is 10.5 Å². The Bertz CT molecular complexity index is 881. The minimum atomic E-state index is -0.282. The van der Waals surface area contributed by atoms with E-state index in [9.17, 15) is 9.59 Å². The standard InChI is InChI=1S/C22H27N5O2.2ClH/c23-20-17-5-4-16(11-17)19(20)21(28)25-13-15-2-1-3-18(10-15)27-22(29)26-12-14-6-8-24-9-7-14;;/h1-3,6-10,16-17,19-20H,4-5,11-13,23H2,(H,25,28)(H2,26,27,29);2*1H. The Kier molecular flexibility index (Phi) is 9.10. The summed E-state index contributed by atoms with van der Waals surface area (Å²) in [5, 5.41) is 8.67. The van der Waals surface area contributed by atoms with Gasteiger partial charge in [0.05, 0.1) is 5.92 Å². The van der Waals surface area contributed by atoms with Crippen molar-refractivity contribution in [3.63, 3.8) is 0 Å². The summed E-state index contributed by atoms with van der Waals surface area (Å²) in [7, 11) is 0. The van der Waals surface area contributed by atoms with Crippen LogP contribution in [0.5, 0.6) is 0 Å². The van der Waals surface area contributed by atoms with Crippen LogP contribution in [0.1, 0.15) is 30.4 Å². The second kappa shape index (κ2) is 11.3. The van der Waals surface area contributed by atoms with E-state index in [-0.39, 0.29) is 48.7 Å². The first kappa shape index (κ1) is 24.9. The van der Waals surface area contributed by atoms with Gasteiger partial charge >= 0.3 is 6.03 Å². The van der Waals surface area contributed by atoms with Crippen molar-refractivity contribution in [2.24, 2.45) is 23.5 Å². The molecule has 4 rings (SSSR count). The molecule has 168 valence electrons. The van der Waals surface area contributed by atoms with Crippen molar-refractivity contribution in [3.8, 4) is 0 Å². The number of nitrogens with two attached hydrogens (primary N) is 1. The molecular formula is C22H29Cl2N5O2. The molecule has 4 atom stereocenters. The number of hydrogen-bond acceptors (Lipinski definition) is 4. The zero-order valence-electron chi connectivity index (χ0n) is 17.1. The number of pyridine rings is 1. The second-order valence-corrected chi connectivity index (χ2v) is 8.02. The molecule has 0 aliphatic heterocycles. The largest absolute Gasteiger partial charge is 0.352 e. The number of nitrogens with zero attached hydrogens (tertiary/aromatic N) is 1. The average molecular weight is 466 g/mol. The number of hydrogen-bond donors (Lipinski definition) is 4. The maximum atomic E-state index is 12.6. The van der Waals surface area contributed by atoms with Crippen molar-refractivity contribution in [2.45, 2.75) is 38.4 Å². The molecule has 5 N–H and O–H groups in total. The van der Waals surface area contributed by atoms with Gasteiger partial charge in [-0.25, -0.2) is 4.79 Å². The topological polar surface area (TPSA) is 109 Å². The van der Waals surface area contributed by atoms with Crippen molar-refractivity contribution in [2.75, 3.05) is 5.32 Å². The number of carbonyl (C=O) groups excluding carboxylic acids is 2. The third-order valence-corrected chi connectivity index (χ3v) is 6.14. The van der Waals surface area contributed by atoms with Crippen LogP contribution < -0.4 is 21.7 Å². The zero-order chi connectivity index (χ0) is 20.2. The number of amides is 3. The van der Waals surface area contributed by atoms with Crippen molar-refractivity contribution in [1.82, 2.24) is 15.6 Å². The van der Waals surface area contributed by atoms with E-state index in [4.69, 9.17) is 5.73 Å². The molecule has 3 amide bonds. The van der Waals surface area contributed by atoms with Gasteiger partial charge in [-0.3, -0.25) is 9.78 Å². The smallest absolute Gasteiger partial charge is 0.319 e. The fraction of sp³-hybridized carbons (Fsp3) is 0.409. The van der Waals surface area contributed by atoms with Gasteiger partial charge in [0.2, 0.25) is 5.91 Å². The molecule has 2 aliphatic carbocycles. The average Bonchev–Trinajstić information content (AvgIpc) is 3.33. The molecule has 1 aromatic carbocycles. The zero-order valence-corrected chi connectivity index (χ0v) is 18.8. The maximum absolute atomic E-state index is 12.6. The fourth-order valence-electron chi connectivity index (χ4n) is 4.65. The van der Waals surface area contributed by atoms with E-state index >= 15 is 0 Å². The number of halogens is 2. The summed E-state index contributed by atoms with van der Waals surface area (Å²) in [6.07, 6.45) is 6.75. The molecule has 4 unspecified atom stereocenters. The van der Waals surface area contributed by atoms with E-state index in [0.717, 1.165) is 30.4 Å². The minimum absolute atomic E-state index is 0. The van der Waals surface area contributed by atoms with Gasteiger partial charge in [-0.15, -0.1) is 24.8 Å². The summed E-state index contributed by atoms with van der Waals surface area (Å²) in [5.41, 5.74) is 8.86. The first-order valence-electron chi connectivity index (χ1n) is 10.2. The summed E-state index contributed by atoms with van der Waals surface area (Å²) >= 11 is 0. The van der Waals surface area contributed by atoms with Crippen LogP contribution in [-0.4, -0.2) is 23.0 Å². The molecule has 2 bridgehead atoms. The van der Waals surface area contributed by atoms with Crippen molar-refractivity contribution in [3.05, 3.63) is 59.9 Å². The lowest BCUT2D eigenvalue weighted by Crippen LogP contribution is -2.45. The number of aromatic nitrogens is 1. The Balaban J connectivity index is 0.00000171. The highest BCUT2D eigenvalue weighted by Crippen LogP contribution is 2.47. The molecule has 31 heavy (non-hydrogen) atoms. The highest BCUT2D eigenvalue weighted by molar-refractivity contribution is 5.89. The van der Waals surface area contributed by atoms with Crippen molar-refractivity contribution in [1.29, 1.82) is 0 Å². The number of carbonyl (C=O) groups is 2. The molecule has 2 aromatic rings. The molecule has 9 heteroatoms. The van der Waals surface area contributed by atoms with E-state index < -0.39 is 0 Å². The van der Waals surface area contributed by atoms with E-state index in [1.807, 2.05) is 36.4 Å². The van der Waals surface area contributed by atoms with Gasteiger partial charge in [0.15, 0.2) is 0 Å². The van der Waals surface area contributed by atoms with Gasteiger partial charge in [-0.2, -0.15) is 0 Å². The van der Waals surface area contributed by atoms with Crippen LogP contribution in [0, 0.1) is 17.8 Å². The molecule has 7 nitrogen and oxygen atoms in total. The lowest BCUT2D eigenvalue weighted by Gasteiger charge is -2.27. The van der Waals surface area contributed by atoms with Gasteiger partial charge in [0, 0.05) is 37.2 Å². The van der Waals surface area contributed by atoms with Gasteiger partial charge < -0.3 is 21.7 Å². The van der Waals surface area contributed by atoms with E-state index in [1.165, 1.54) is 0 Å². The minimum Gasteiger partial charge on any atom is -0.352 e. The van der Waals surface area contributed by atoms with E-state index in [0.29, 0.717) is 30.6 Å². The number of fused-ring (bicyclic) bond motifs is 2. The van der Waals surface area contributed by atoms with Crippen LogP contribution in [0.25, 0.3) is 0 Å². The number of rotatable bonds is 6.